The van der Waals surface area contributed by atoms with Gasteiger partial charge in [-0.25, -0.2) is 18.2 Å². The minimum atomic E-state index is -2.73. The number of thioether (sulfide) groups is 1. The molecule has 37 heavy (non-hydrogen) atoms. The summed E-state index contributed by atoms with van der Waals surface area (Å²) in [7, 11) is 1.52. The number of nitrogens with zero attached hydrogens (tertiary/aromatic N) is 4. The molecule has 0 radical (unpaired) electrons. The van der Waals surface area contributed by atoms with E-state index in [0.29, 0.717) is 25.9 Å². The predicted molar refractivity (Wildman–Crippen MR) is 136 cm³/mol. The van der Waals surface area contributed by atoms with Gasteiger partial charge in [-0.1, -0.05) is 29.4 Å². The summed E-state index contributed by atoms with van der Waals surface area (Å²) in [6.45, 7) is 2.35. The van der Waals surface area contributed by atoms with Crippen LogP contribution in [0.4, 0.5) is 17.6 Å². The number of allylic oxidation sites excluding steroid dienone is 1. The molecule has 1 atom stereocenters. The Bertz CT molecular complexity index is 1110. The van der Waals surface area contributed by atoms with Gasteiger partial charge in [-0.05, 0) is 38.0 Å². The number of piperidine rings is 1. The van der Waals surface area contributed by atoms with Gasteiger partial charge in [-0.15, -0.1) is 0 Å². The van der Waals surface area contributed by atoms with Gasteiger partial charge in [0.25, 0.3) is 12.3 Å². The number of rotatable bonds is 10. The Morgan fingerprint density at radius 1 is 1.32 bits per heavy atom. The number of carbonyl (C=O) groups excluding carboxylic acids is 1. The van der Waals surface area contributed by atoms with Crippen LogP contribution in [0.15, 0.2) is 40.2 Å². The number of benzene rings is 1. The lowest BCUT2D eigenvalue weighted by Crippen LogP contribution is -2.49. The van der Waals surface area contributed by atoms with Crippen LogP contribution in [0.5, 0.6) is 5.88 Å². The first-order valence-corrected chi connectivity index (χ1v) is 12.6. The first-order chi connectivity index (χ1) is 17.7. The Balaban J connectivity index is 1.75. The molecule has 1 fully saturated rings. The number of nitrogens with one attached hydrogen (secondary N) is 1. The summed E-state index contributed by atoms with van der Waals surface area (Å²) in [5, 5.41) is 2.58. The molecule has 13 heteroatoms. The van der Waals surface area contributed by atoms with Crippen molar-refractivity contribution in [3.63, 3.8) is 0 Å². The molecule has 0 spiro atoms. The lowest BCUT2D eigenvalue weighted by molar-refractivity contribution is 0.0775. The third kappa shape index (κ3) is 8.41. The quantitative estimate of drug-likeness (QED) is 0.193. The topological polar surface area (TPSA) is 79.7 Å². The third-order valence-corrected chi connectivity index (χ3v) is 6.86. The molecule has 1 N–H and O–H groups in total. The van der Waals surface area contributed by atoms with Crippen molar-refractivity contribution in [2.75, 3.05) is 26.7 Å². The van der Waals surface area contributed by atoms with E-state index >= 15 is 0 Å². The highest BCUT2D eigenvalue weighted by atomic mass is 35.5. The lowest BCUT2D eigenvalue weighted by Gasteiger charge is -2.38. The third-order valence-electron chi connectivity index (χ3n) is 5.55. The second kappa shape index (κ2) is 13.7. The molecule has 0 aliphatic carbocycles. The molecule has 1 saturated heterocycles. The molecular formula is C24H26ClF4N5O2S. The van der Waals surface area contributed by atoms with Crippen LogP contribution >= 0.6 is 23.4 Å². The highest BCUT2D eigenvalue weighted by Gasteiger charge is 2.30. The van der Waals surface area contributed by atoms with Crippen LogP contribution in [0.25, 0.3) is 0 Å². The van der Waals surface area contributed by atoms with Crippen LogP contribution in [0.3, 0.4) is 0 Å². The highest BCUT2D eigenvalue weighted by Crippen LogP contribution is 2.28. The Hall–Kier alpha value is -2.70. The number of alkyl halides is 2. The van der Waals surface area contributed by atoms with Gasteiger partial charge in [0.15, 0.2) is 0 Å². The van der Waals surface area contributed by atoms with Crippen molar-refractivity contribution in [1.29, 1.82) is 0 Å². The van der Waals surface area contributed by atoms with Gasteiger partial charge in [0.1, 0.15) is 17.7 Å². The van der Waals surface area contributed by atoms with E-state index in [0.717, 1.165) is 30.0 Å². The Kier molecular flexibility index (Phi) is 10.7. The van der Waals surface area contributed by atoms with E-state index in [9.17, 15) is 22.4 Å². The normalized spacial score (nSPS) is 16.4. The number of likely N-dealkylation sites (tertiary alicyclic amines) is 1. The highest BCUT2D eigenvalue weighted by molar-refractivity contribution is 8.15. The number of ether oxygens (including phenoxy) is 1. The molecule has 3 rings (SSSR count). The summed E-state index contributed by atoms with van der Waals surface area (Å²) in [6.07, 6.45) is -1.19. The summed E-state index contributed by atoms with van der Waals surface area (Å²) in [5.41, 5.74) is 1.11. The first kappa shape index (κ1) is 28.9. The van der Waals surface area contributed by atoms with E-state index in [4.69, 9.17) is 16.3 Å². The fraction of sp³-hybridized carbons (Fsp3) is 0.417. The molecule has 1 unspecified atom stereocenters. The maximum Gasteiger partial charge on any atom is 0.258 e. The van der Waals surface area contributed by atoms with E-state index in [-0.39, 0.29) is 39.8 Å². The molecule has 0 bridgehead atoms. The Morgan fingerprint density at radius 3 is 2.68 bits per heavy atom. The van der Waals surface area contributed by atoms with Gasteiger partial charge < -0.3 is 10.1 Å². The molecule has 1 aliphatic rings. The number of amides is 1. The number of halogens is 5. The molecule has 200 valence electrons. The molecule has 2 aromatic rings. The van der Waals surface area contributed by atoms with Gasteiger partial charge in [-0.3, -0.25) is 14.7 Å². The monoisotopic (exact) mass is 559 g/mol. The van der Waals surface area contributed by atoms with E-state index < -0.39 is 30.1 Å². The van der Waals surface area contributed by atoms with Gasteiger partial charge >= 0.3 is 0 Å². The number of carbonyl (C=O) groups is 1. The molecule has 1 aromatic carbocycles. The SMILES string of the molecule is CN=CS/C(=C/C(F)F)C(CNC(=O)c1c(F)cccc1Cl)N1CCC(Oc2cc(F)nc(C)n2)CC1. The number of aromatic nitrogens is 2. The minimum Gasteiger partial charge on any atom is -0.474 e. The minimum absolute atomic E-state index is 0.0563. The van der Waals surface area contributed by atoms with Gasteiger partial charge in [0.05, 0.1) is 28.2 Å². The van der Waals surface area contributed by atoms with E-state index in [1.54, 1.807) is 6.92 Å². The summed E-state index contributed by atoms with van der Waals surface area (Å²) in [6, 6.07) is 4.35. The Labute approximate surface area is 221 Å². The van der Waals surface area contributed by atoms with E-state index in [1.165, 1.54) is 24.7 Å². The Morgan fingerprint density at radius 2 is 2.05 bits per heavy atom. The standard InChI is InChI=1S/C24H26ClF4N5O2S/c1-14-32-21(29)11-22(33-14)36-15-6-8-34(9-7-15)18(19(10-20(27)28)37-13-30-2)12-31-24(35)23-16(25)4-3-5-17(23)26/h3-5,10-11,13,15,18,20H,6-9,12H2,1-2H3,(H,31,35)/b19-10+,30-13?. The fourth-order valence-corrected chi connectivity index (χ4v) is 4.96. The number of hydrogen-bond acceptors (Lipinski definition) is 7. The van der Waals surface area contributed by atoms with Crippen molar-refractivity contribution >= 4 is 34.8 Å². The molecule has 0 saturated carbocycles. The maximum absolute atomic E-state index is 14.2. The average Bonchev–Trinajstić information content (AvgIpc) is 2.82. The van der Waals surface area contributed by atoms with Crippen LogP contribution < -0.4 is 10.1 Å². The molecule has 1 aliphatic heterocycles. The second-order valence-corrected chi connectivity index (χ2v) is 9.46. The van der Waals surface area contributed by atoms with Crippen molar-refractivity contribution in [3.05, 3.63) is 63.4 Å². The van der Waals surface area contributed by atoms with Gasteiger partial charge in [0.2, 0.25) is 11.8 Å². The molecular weight excluding hydrogens is 534 g/mol. The largest absolute Gasteiger partial charge is 0.474 e. The van der Waals surface area contributed by atoms with Gasteiger partial charge in [0, 0.05) is 31.6 Å². The van der Waals surface area contributed by atoms with Crippen molar-refractivity contribution in [2.24, 2.45) is 4.99 Å². The van der Waals surface area contributed by atoms with Crippen LogP contribution in [-0.4, -0.2) is 71.6 Å². The summed E-state index contributed by atoms with van der Waals surface area (Å²) >= 11 is 7.02. The summed E-state index contributed by atoms with van der Waals surface area (Å²) in [4.78, 5) is 26.5. The molecule has 1 amide bonds. The molecule has 2 heterocycles. The number of hydrogen-bond donors (Lipinski definition) is 1. The lowest BCUT2D eigenvalue weighted by atomic mass is 10.0. The van der Waals surface area contributed by atoms with Crippen LogP contribution in [0, 0.1) is 18.7 Å². The maximum atomic E-state index is 14.2. The fourth-order valence-electron chi connectivity index (χ4n) is 3.91. The van der Waals surface area contributed by atoms with Crippen molar-refractivity contribution in [3.8, 4) is 5.88 Å². The number of aliphatic imine (C=N–C) groups is 1. The first-order valence-electron chi connectivity index (χ1n) is 11.4. The van der Waals surface area contributed by atoms with Crippen LogP contribution in [0.1, 0.15) is 29.0 Å². The molecule has 7 nitrogen and oxygen atoms in total. The smallest absolute Gasteiger partial charge is 0.258 e. The summed E-state index contributed by atoms with van der Waals surface area (Å²) in [5.74, 6) is -1.86. The van der Waals surface area contributed by atoms with Crippen molar-refractivity contribution in [2.45, 2.75) is 38.3 Å². The van der Waals surface area contributed by atoms with Crippen LogP contribution in [0.2, 0.25) is 5.02 Å². The zero-order valence-corrected chi connectivity index (χ0v) is 21.7. The van der Waals surface area contributed by atoms with Crippen molar-refractivity contribution < 1.29 is 27.1 Å². The molecule has 1 aromatic heterocycles. The van der Waals surface area contributed by atoms with Crippen LogP contribution in [-0.2, 0) is 0 Å². The van der Waals surface area contributed by atoms with E-state index in [2.05, 4.69) is 20.3 Å². The second-order valence-electron chi connectivity index (χ2n) is 8.14. The zero-order valence-electron chi connectivity index (χ0n) is 20.1. The van der Waals surface area contributed by atoms with Crippen molar-refractivity contribution in [1.82, 2.24) is 20.2 Å². The number of aryl methyl sites for hydroxylation is 1. The zero-order chi connectivity index (χ0) is 26.9. The summed E-state index contributed by atoms with van der Waals surface area (Å²) < 4.78 is 60.4. The average molecular weight is 560 g/mol. The predicted octanol–water partition coefficient (Wildman–Crippen LogP) is 4.90. The van der Waals surface area contributed by atoms with E-state index in [1.807, 2.05) is 4.90 Å². The van der Waals surface area contributed by atoms with Gasteiger partial charge in [-0.2, -0.15) is 9.37 Å².